The average molecular weight is 295 g/mol. The van der Waals surface area contributed by atoms with Crippen molar-refractivity contribution >= 4 is 16.9 Å². The van der Waals surface area contributed by atoms with Crippen LogP contribution in [0.15, 0.2) is 43.0 Å². The topological polar surface area (TPSA) is 72.7 Å². The van der Waals surface area contributed by atoms with Crippen molar-refractivity contribution in [3.05, 3.63) is 54.4 Å². The number of imidazole rings is 1. The summed E-state index contributed by atoms with van der Waals surface area (Å²) < 4.78 is 2.09. The van der Waals surface area contributed by atoms with Gasteiger partial charge in [0.2, 0.25) is 0 Å². The van der Waals surface area contributed by atoms with Gasteiger partial charge in [-0.3, -0.25) is 9.78 Å². The van der Waals surface area contributed by atoms with Crippen LogP contribution in [0.4, 0.5) is 0 Å². The Kier molecular flexibility index (Phi) is 4.09. The third kappa shape index (κ3) is 3.11. The van der Waals surface area contributed by atoms with Crippen molar-refractivity contribution in [2.45, 2.75) is 19.9 Å². The van der Waals surface area contributed by atoms with Crippen molar-refractivity contribution in [1.29, 1.82) is 0 Å². The molecule has 3 rings (SSSR count). The average Bonchev–Trinajstić information content (AvgIpc) is 2.95. The van der Waals surface area contributed by atoms with E-state index in [9.17, 15) is 4.79 Å². The smallest absolute Gasteiger partial charge is 0.271 e. The third-order valence-corrected chi connectivity index (χ3v) is 3.40. The van der Waals surface area contributed by atoms with Gasteiger partial charge in [0.25, 0.3) is 5.91 Å². The largest absolute Gasteiger partial charge is 0.351 e. The van der Waals surface area contributed by atoms with Crippen LogP contribution in [0.1, 0.15) is 22.6 Å². The first kappa shape index (κ1) is 14.2. The molecule has 22 heavy (non-hydrogen) atoms. The molecule has 2 heterocycles. The lowest BCUT2D eigenvalue weighted by Crippen LogP contribution is -2.26. The molecule has 0 aliphatic rings. The minimum atomic E-state index is -0.192. The molecule has 3 aromatic rings. The summed E-state index contributed by atoms with van der Waals surface area (Å²) in [5, 5.41) is 2.85. The SMILES string of the molecule is Cc1cnc(C(=O)NCCCn2cnc3ccccc32)cn1. The Balaban J connectivity index is 1.51. The summed E-state index contributed by atoms with van der Waals surface area (Å²) >= 11 is 0. The van der Waals surface area contributed by atoms with Crippen molar-refractivity contribution in [2.75, 3.05) is 6.54 Å². The van der Waals surface area contributed by atoms with E-state index in [-0.39, 0.29) is 5.91 Å². The standard InChI is InChI=1S/C16H17N5O/c1-12-9-19-14(10-18-12)16(22)17-7-4-8-21-11-20-13-5-2-3-6-15(13)21/h2-3,5-6,9-11H,4,7-8H2,1H3,(H,17,22). The van der Waals surface area contributed by atoms with Gasteiger partial charge in [0.15, 0.2) is 0 Å². The highest BCUT2D eigenvalue weighted by molar-refractivity contribution is 5.91. The second-order valence-corrected chi connectivity index (χ2v) is 5.08. The third-order valence-electron chi connectivity index (χ3n) is 3.40. The number of carbonyl (C=O) groups excluding carboxylic acids is 1. The molecule has 0 unspecified atom stereocenters. The molecule has 0 saturated heterocycles. The van der Waals surface area contributed by atoms with E-state index in [0.717, 1.165) is 29.7 Å². The lowest BCUT2D eigenvalue weighted by Gasteiger charge is -2.06. The number of hydrogen-bond acceptors (Lipinski definition) is 4. The number of para-hydroxylation sites is 2. The van der Waals surface area contributed by atoms with Crippen LogP contribution >= 0.6 is 0 Å². The minimum Gasteiger partial charge on any atom is -0.351 e. The Morgan fingerprint density at radius 3 is 2.86 bits per heavy atom. The van der Waals surface area contributed by atoms with Crippen molar-refractivity contribution in [1.82, 2.24) is 24.8 Å². The summed E-state index contributed by atoms with van der Waals surface area (Å²) in [6.45, 7) is 3.23. The Labute approximate surface area is 128 Å². The highest BCUT2D eigenvalue weighted by Gasteiger charge is 2.06. The summed E-state index contributed by atoms with van der Waals surface area (Å²) in [4.78, 5) is 24.4. The Morgan fingerprint density at radius 1 is 1.18 bits per heavy atom. The summed E-state index contributed by atoms with van der Waals surface area (Å²) in [5.41, 5.74) is 3.24. The molecule has 6 heteroatoms. The number of amides is 1. The maximum absolute atomic E-state index is 11.9. The van der Waals surface area contributed by atoms with Crippen LogP contribution in [-0.4, -0.2) is 32.0 Å². The monoisotopic (exact) mass is 295 g/mol. The van der Waals surface area contributed by atoms with Gasteiger partial charge in [0, 0.05) is 19.3 Å². The fourth-order valence-electron chi connectivity index (χ4n) is 2.24. The van der Waals surface area contributed by atoms with Crippen LogP contribution in [0, 0.1) is 6.92 Å². The van der Waals surface area contributed by atoms with E-state index in [1.54, 1.807) is 6.20 Å². The van der Waals surface area contributed by atoms with Crippen molar-refractivity contribution < 1.29 is 4.79 Å². The van der Waals surface area contributed by atoms with Gasteiger partial charge in [-0.15, -0.1) is 0 Å². The Morgan fingerprint density at radius 2 is 2.05 bits per heavy atom. The molecule has 0 bridgehead atoms. The molecule has 1 aromatic carbocycles. The Hall–Kier alpha value is -2.76. The molecule has 112 valence electrons. The first-order valence-corrected chi connectivity index (χ1v) is 7.21. The molecule has 6 nitrogen and oxygen atoms in total. The summed E-state index contributed by atoms with van der Waals surface area (Å²) in [5.74, 6) is -0.192. The minimum absolute atomic E-state index is 0.192. The number of benzene rings is 1. The molecule has 0 fully saturated rings. The molecule has 0 radical (unpaired) electrons. The summed E-state index contributed by atoms with van der Waals surface area (Å²) in [6, 6.07) is 8.01. The van der Waals surface area contributed by atoms with Gasteiger partial charge >= 0.3 is 0 Å². The second-order valence-electron chi connectivity index (χ2n) is 5.08. The van der Waals surface area contributed by atoms with E-state index in [2.05, 4.69) is 24.8 Å². The van der Waals surface area contributed by atoms with Gasteiger partial charge < -0.3 is 9.88 Å². The first-order chi connectivity index (χ1) is 10.7. The molecule has 0 aliphatic carbocycles. The number of rotatable bonds is 5. The number of hydrogen-bond donors (Lipinski definition) is 1. The maximum atomic E-state index is 11.9. The molecule has 1 N–H and O–H groups in total. The van der Waals surface area contributed by atoms with Gasteiger partial charge in [-0.2, -0.15) is 0 Å². The van der Waals surface area contributed by atoms with E-state index in [4.69, 9.17) is 0 Å². The summed E-state index contributed by atoms with van der Waals surface area (Å²) in [7, 11) is 0. The zero-order valence-corrected chi connectivity index (χ0v) is 12.4. The van der Waals surface area contributed by atoms with Gasteiger partial charge in [0.1, 0.15) is 5.69 Å². The highest BCUT2D eigenvalue weighted by atomic mass is 16.1. The fourth-order valence-corrected chi connectivity index (χ4v) is 2.24. The number of nitrogens with zero attached hydrogens (tertiary/aromatic N) is 4. The number of carbonyl (C=O) groups is 1. The van der Waals surface area contributed by atoms with E-state index >= 15 is 0 Å². The van der Waals surface area contributed by atoms with Crippen LogP contribution < -0.4 is 5.32 Å². The fraction of sp³-hybridized carbons (Fsp3) is 0.250. The van der Waals surface area contributed by atoms with Crippen LogP contribution in [0.3, 0.4) is 0 Å². The second kappa shape index (κ2) is 6.34. The van der Waals surface area contributed by atoms with Crippen molar-refractivity contribution in [2.24, 2.45) is 0 Å². The normalized spacial score (nSPS) is 10.8. The lowest BCUT2D eigenvalue weighted by molar-refractivity contribution is 0.0947. The highest BCUT2D eigenvalue weighted by Crippen LogP contribution is 2.11. The number of aryl methyl sites for hydroxylation is 2. The van der Waals surface area contributed by atoms with E-state index in [1.165, 1.54) is 6.20 Å². The van der Waals surface area contributed by atoms with Crippen LogP contribution in [0.5, 0.6) is 0 Å². The molecule has 0 spiro atoms. The molecule has 0 aliphatic heterocycles. The van der Waals surface area contributed by atoms with Crippen LogP contribution in [-0.2, 0) is 6.54 Å². The molecule has 0 saturated carbocycles. The number of nitrogens with one attached hydrogen (secondary N) is 1. The molecule has 2 aromatic heterocycles. The molecule has 1 amide bonds. The van der Waals surface area contributed by atoms with Gasteiger partial charge in [-0.1, -0.05) is 12.1 Å². The Bertz CT molecular complexity index is 779. The first-order valence-electron chi connectivity index (χ1n) is 7.21. The van der Waals surface area contributed by atoms with E-state index < -0.39 is 0 Å². The van der Waals surface area contributed by atoms with Crippen molar-refractivity contribution in [3.8, 4) is 0 Å². The zero-order valence-electron chi connectivity index (χ0n) is 12.4. The quantitative estimate of drug-likeness (QED) is 0.730. The predicted molar refractivity (Wildman–Crippen MR) is 83.5 cm³/mol. The van der Waals surface area contributed by atoms with E-state index in [1.807, 2.05) is 37.5 Å². The predicted octanol–water partition coefficient (Wildman–Crippen LogP) is 1.95. The lowest BCUT2D eigenvalue weighted by atomic mass is 10.3. The molecule has 0 atom stereocenters. The van der Waals surface area contributed by atoms with Gasteiger partial charge in [0.05, 0.1) is 29.3 Å². The number of fused-ring (bicyclic) bond motifs is 1. The van der Waals surface area contributed by atoms with Crippen molar-refractivity contribution in [3.63, 3.8) is 0 Å². The molecular formula is C16H17N5O. The van der Waals surface area contributed by atoms with Crippen LogP contribution in [0.25, 0.3) is 11.0 Å². The maximum Gasteiger partial charge on any atom is 0.271 e. The van der Waals surface area contributed by atoms with Crippen LogP contribution in [0.2, 0.25) is 0 Å². The summed E-state index contributed by atoms with van der Waals surface area (Å²) in [6.07, 6.45) is 5.74. The number of aromatic nitrogens is 4. The zero-order chi connectivity index (χ0) is 15.4. The van der Waals surface area contributed by atoms with Gasteiger partial charge in [-0.25, -0.2) is 9.97 Å². The molecular weight excluding hydrogens is 278 g/mol. The van der Waals surface area contributed by atoms with Gasteiger partial charge in [-0.05, 0) is 25.5 Å². The van der Waals surface area contributed by atoms with E-state index in [0.29, 0.717) is 12.2 Å².